The zero-order valence-electron chi connectivity index (χ0n) is 15.3. The first-order valence-corrected chi connectivity index (χ1v) is 9.92. The van der Waals surface area contributed by atoms with Gasteiger partial charge in [-0.25, -0.2) is 12.7 Å². The fourth-order valence-electron chi connectivity index (χ4n) is 2.74. The Morgan fingerprint density at radius 1 is 1.31 bits per heavy atom. The summed E-state index contributed by atoms with van der Waals surface area (Å²) in [7, 11) is 0.0675. The maximum Gasteiger partial charge on any atom is 0.211 e. The summed E-state index contributed by atoms with van der Waals surface area (Å²) in [4.78, 5) is 4.38. The number of hydrogen-bond acceptors (Lipinski definition) is 5. The molecule has 10 heteroatoms. The van der Waals surface area contributed by atoms with E-state index in [1.165, 1.54) is 10.6 Å². The van der Waals surface area contributed by atoms with E-state index in [1.54, 1.807) is 32.4 Å². The van der Waals surface area contributed by atoms with Gasteiger partial charge in [-0.3, -0.25) is 4.99 Å². The topological polar surface area (TPSA) is 106 Å². The van der Waals surface area contributed by atoms with E-state index < -0.39 is 10.0 Å². The summed E-state index contributed by atoms with van der Waals surface area (Å²) in [5.41, 5.74) is 6.65. The van der Waals surface area contributed by atoms with Crippen LogP contribution in [0.5, 0.6) is 11.5 Å². The molecule has 0 saturated carbocycles. The van der Waals surface area contributed by atoms with Crippen molar-refractivity contribution in [2.75, 3.05) is 45.4 Å². The zero-order valence-corrected chi connectivity index (χ0v) is 18.4. The molecule has 1 aromatic rings. The van der Waals surface area contributed by atoms with Crippen LogP contribution in [0.4, 0.5) is 5.69 Å². The molecule has 1 fully saturated rings. The summed E-state index contributed by atoms with van der Waals surface area (Å²) in [5.74, 6) is 1.94. The quantitative estimate of drug-likeness (QED) is 0.352. The molecule has 1 aliphatic heterocycles. The molecule has 0 spiro atoms. The molecule has 1 saturated heterocycles. The molecule has 0 radical (unpaired) electrons. The smallest absolute Gasteiger partial charge is 0.211 e. The third-order valence-corrected chi connectivity index (χ3v) is 5.53. The zero-order chi connectivity index (χ0) is 18.4. The lowest BCUT2D eigenvalue weighted by atomic mass is 9.98. The largest absolute Gasteiger partial charge is 0.497 e. The lowest BCUT2D eigenvalue weighted by Crippen LogP contribution is -2.38. The molecule has 1 aromatic carbocycles. The molecular formula is C16H27IN4O4S. The van der Waals surface area contributed by atoms with Crippen molar-refractivity contribution in [3.05, 3.63) is 18.2 Å². The van der Waals surface area contributed by atoms with Crippen LogP contribution < -0.4 is 20.5 Å². The number of ether oxygens (including phenoxy) is 2. The predicted molar refractivity (Wildman–Crippen MR) is 114 cm³/mol. The van der Waals surface area contributed by atoms with Gasteiger partial charge in [-0.1, -0.05) is 0 Å². The molecule has 1 heterocycles. The van der Waals surface area contributed by atoms with Crippen molar-refractivity contribution in [2.45, 2.75) is 12.8 Å². The number of nitrogens with two attached hydrogens (primary N) is 1. The van der Waals surface area contributed by atoms with Gasteiger partial charge in [0.15, 0.2) is 5.96 Å². The number of benzene rings is 1. The molecule has 0 atom stereocenters. The summed E-state index contributed by atoms with van der Waals surface area (Å²) in [6.07, 6.45) is 2.81. The number of methoxy groups -OCH3 is 2. The van der Waals surface area contributed by atoms with Crippen molar-refractivity contribution in [1.29, 1.82) is 0 Å². The number of anilines is 1. The van der Waals surface area contributed by atoms with Gasteiger partial charge >= 0.3 is 0 Å². The molecule has 0 aromatic heterocycles. The monoisotopic (exact) mass is 498 g/mol. The van der Waals surface area contributed by atoms with Crippen LogP contribution in [0.15, 0.2) is 23.2 Å². The number of rotatable bonds is 6. The Balaban J connectivity index is 0.00000338. The van der Waals surface area contributed by atoms with Crippen molar-refractivity contribution >= 4 is 45.6 Å². The summed E-state index contributed by atoms with van der Waals surface area (Å²) >= 11 is 0. The van der Waals surface area contributed by atoms with Gasteiger partial charge in [0.25, 0.3) is 0 Å². The van der Waals surface area contributed by atoms with Crippen LogP contribution in [0.2, 0.25) is 0 Å². The first kappa shape index (κ1) is 22.8. The van der Waals surface area contributed by atoms with Gasteiger partial charge in [-0.2, -0.15) is 0 Å². The van der Waals surface area contributed by atoms with Gasteiger partial charge in [0, 0.05) is 25.7 Å². The molecule has 0 bridgehead atoms. The summed E-state index contributed by atoms with van der Waals surface area (Å²) in [5, 5.41) is 3.03. The van der Waals surface area contributed by atoms with Crippen LogP contribution >= 0.6 is 24.0 Å². The molecular weight excluding hydrogens is 471 g/mol. The number of halogens is 1. The highest BCUT2D eigenvalue weighted by Gasteiger charge is 2.24. The van der Waals surface area contributed by atoms with E-state index in [-0.39, 0.29) is 29.9 Å². The number of sulfonamides is 1. The van der Waals surface area contributed by atoms with Gasteiger partial charge in [0.1, 0.15) is 11.5 Å². The molecule has 3 N–H and O–H groups in total. The highest BCUT2D eigenvalue weighted by Crippen LogP contribution is 2.28. The number of hydrogen-bond donors (Lipinski definition) is 2. The minimum atomic E-state index is -3.10. The average Bonchev–Trinajstić information content (AvgIpc) is 2.59. The van der Waals surface area contributed by atoms with Crippen molar-refractivity contribution in [3.8, 4) is 11.5 Å². The highest BCUT2D eigenvalue weighted by atomic mass is 127. The molecule has 0 unspecified atom stereocenters. The maximum absolute atomic E-state index is 11.5. The first-order valence-electron chi connectivity index (χ1n) is 8.07. The molecule has 0 amide bonds. The SMILES string of the molecule is COc1ccc(OC)c(NC(N)=NCC2CCN(S(C)(=O)=O)CC2)c1.I. The summed E-state index contributed by atoms with van der Waals surface area (Å²) in [6.45, 7) is 1.63. The van der Waals surface area contributed by atoms with Crippen molar-refractivity contribution < 1.29 is 17.9 Å². The van der Waals surface area contributed by atoms with Crippen LogP contribution in [0.3, 0.4) is 0 Å². The molecule has 1 aliphatic rings. The lowest BCUT2D eigenvalue weighted by Gasteiger charge is -2.29. The van der Waals surface area contributed by atoms with Crippen LogP contribution in [0.25, 0.3) is 0 Å². The number of aliphatic imine (C=N–C) groups is 1. The van der Waals surface area contributed by atoms with E-state index in [0.29, 0.717) is 42.7 Å². The number of nitrogens with one attached hydrogen (secondary N) is 1. The molecule has 0 aliphatic carbocycles. The summed E-state index contributed by atoms with van der Waals surface area (Å²) in [6, 6.07) is 5.37. The van der Waals surface area contributed by atoms with E-state index in [2.05, 4.69) is 10.3 Å². The Morgan fingerprint density at radius 2 is 1.96 bits per heavy atom. The molecule has 26 heavy (non-hydrogen) atoms. The standard InChI is InChI=1S/C16H26N4O4S.HI/c1-23-13-4-5-15(24-2)14(10-13)19-16(17)18-11-12-6-8-20(9-7-12)25(3,21)22;/h4-5,10,12H,6-9,11H2,1-3H3,(H3,17,18,19);1H. The Morgan fingerprint density at radius 3 is 2.50 bits per heavy atom. The van der Waals surface area contributed by atoms with Crippen molar-refractivity contribution in [2.24, 2.45) is 16.6 Å². The van der Waals surface area contributed by atoms with Gasteiger partial charge in [0.2, 0.25) is 10.0 Å². The van der Waals surface area contributed by atoms with E-state index in [9.17, 15) is 8.42 Å². The fourth-order valence-corrected chi connectivity index (χ4v) is 3.61. The average molecular weight is 498 g/mol. The second-order valence-electron chi connectivity index (χ2n) is 6.02. The van der Waals surface area contributed by atoms with Crippen LogP contribution in [0.1, 0.15) is 12.8 Å². The normalized spacial score (nSPS) is 16.7. The number of nitrogens with zero attached hydrogens (tertiary/aromatic N) is 2. The maximum atomic E-state index is 11.5. The Bertz CT molecular complexity index is 719. The molecule has 2 rings (SSSR count). The van der Waals surface area contributed by atoms with Crippen molar-refractivity contribution in [3.63, 3.8) is 0 Å². The van der Waals surface area contributed by atoms with Crippen LogP contribution in [0, 0.1) is 5.92 Å². The fraction of sp³-hybridized carbons (Fsp3) is 0.562. The Kier molecular flexibility index (Phi) is 8.90. The summed E-state index contributed by atoms with van der Waals surface area (Å²) < 4.78 is 35.0. The molecule has 8 nitrogen and oxygen atoms in total. The highest BCUT2D eigenvalue weighted by molar-refractivity contribution is 14.0. The van der Waals surface area contributed by atoms with Gasteiger partial charge in [-0.05, 0) is 30.9 Å². The van der Waals surface area contributed by atoms with E-state index in [1.807, 2.05) is 0 Å². The number of guanidine groups is 1. The van der Waals surface area contributed by atoms with E-state index in [0.717, 1.165) is 12.8 Å². The van der Waals surface area contributed by atoms with Crippen LogP contribution in [-0.2, 0) is 10.0 Å². The minimum absolute atomic E-state index is 0. The van der Waals surface area contributed by atoms with Gasteiger partial charge in [-0.15, -0.1) is 24.0 Å². The predicted octanol–water partition coefficient (Wildman–Crippen LogP) is 1.72. The van der Waals surface area contributed by atoms with Gasteiger partial charge in [0.05, 0.1) is 26.2 Å². The van der Waals surface area contributed by atoms with Crippen LogP contribution in [-0.4, -0.2) is 58.8 Å². The third kappa shape index (κ3) is 6.47. The minimum Gasteiger partial charge on any atom is -0.497 e. The van der Waals surface area contributed by atoms with Crippen molar-refractivity contribution in [1.82, 2.24) is 4.31 Å². The lowest BCUT2D eigenvalue weighted by molar-refractivity contribution is 0.280. The third-order valence-electron chi connectivity index (χ3n) is 4.23. The Hall–Kier alpha value is -1.27. The molecule has 148 valence electrons. The first-order chi connectivity index (χ1) is 11.8. The van der Waals surface area contributed by atoms with E-state index >= 15 is 0 Å². The Labute approximate surface area is 172 Å². The number of piperidine rings is 1. The van der Waals surface area contributed by atoms with E-state index in [4.69, 9.17) is 15.2 Å². The second-order valence-corrected chi connectivity index (χ2v) is 8.00. The second kappa shape index (κ2) is 10.2. The van der Waals surface area contributed by atoms with Gasteiger partial charge < -0.3 is 20.5 Å².